The molecule has 14 heavy (non-hydrogen) atoms. The fourth-order valence-electron chi connectivity index (χ4n) is 1.43. The first-order valence-electron chi connectivity index (χ1n) is 4.96. The Hall–Kier alpha value is -0.610. The number of aliphatic hydroxyl groups excluding tert-OH is 1. The third-order valence-corrected chi connectivity index (χ3v) is 2.15. The molecule has 2 unspecified atom stereocenters. The first-order valence-corrected chi connectivity index (χ1v) is 4.96. The van der Waals surface area contributed by atoms with E-state index in [1.807, 2.05) is 20.8 Å². The Morgan fingerprint density at radius 2 is 1.93 bits per heavy atom. The highest BCUT2D eigenvalue weighted by Gasteiger charge is 2.17. The van der Waals surface area contributed by atoms with E-state index in [1.165, 1.54) is 7.11 Å². The molecule has 0 aliphatic carbocycles. The lowest BCUT2D eigenvalue weighted by Gasteiger charge is -2.20. The molecule has 2 N–H and O–H groups in total. The number of hydrogen-bond acceptors (Lipinski definition) is 4. The molecule has 0 aromatic heterocycles. The fourth-order valence-corrected chi connectivity index (χ4v) is 1.43. The van der Waals surface area contributed by atoms with Gasteiger partial charge in [0.05, 0.1) is 19.6 Å². The monoisotopic (exact) mass is 203 g/mol. The molecule has 3 atom stereocenters. The van der Waals surface area contributed by atoms with E-state index in [0.717, 1.165) is 6.42 Å². The Balaban J connectivity index is 3.81. The van der Waals surface area contributed by atoms with Crippen LogP contribution < -0.4 is 5.32 Å². The quantitative estimate of drug-likeness (QED) is 0.619. The van der Waals surface area contributed by atoms with Crippen LogP contribution in [0.3, 0.4) is 0 Å². The molecule has 0 radical (unpaired) electrons. The lowest BCUT2D eigenvalue weighted by Crippen LogP contribution is -2.38. The summed E-state index contributed by atoms with van der Waals surface area (Å²) in [5.41, 5.74) is 0. The maximum absolute atomic E-state index is 11.1. The predicted molar refractivity (Wildman–Crippen MR) is 54.9 cm³/mol. The Morgan fingerprint density at radius 3 is 2.36 bits per heavy atom. The fraction of sp³-hybridized carbons (Fsp3) is 0.900. The second-order valence-electron chi connectivity index (χ2n) is 3.81. The van der Waals surface area contributed by atoms with Crippen LogP contribution in [-0.2, 0) is 9.53 Å². The number of rotatable bonds is 6. The average molecular weight is 203 g/mol. The molecule has 0 saturated carbocycles. The number of hydrogen-bond donors (Lipinski definition) is 2. The Morgan fingerprint density at radius 1 is 1.36 bits per heavy atom. The first-order chi connectivity index (χ1) is 6.51. The van der Waals surface area contributed by atoms with Gasteiger partial charge in [-0.2, -0.15) is 0 Å². The van der Waals surface area contributed by atoms with Gasteiger partial charge in [-0.05, 0) is 20.3 Å². The van der Waals surface area contributed by atoms with Crippen LogP contribution in [0, 0.1) is 5.92 Å². The summed E-state index contributed by atoms with van der Waals surface area (Å²) in [5.74, 6) is -0.288. The molecule has 0 rings (SSSR count). The zero-order valence-electron chi connectivity index (χ0n) is 9.41. The minimum atomic E-state index is -0.185. The van der Waals surface area contributed by atoms with Gasteiger partial charge >= 0.3 is 5.97 Å². The van der Waals surface area contributed by atoms with Gasteiger partial charge in [0, 0.05) is 12.1 Å². The smallest absolute Gasteiger partial charge is 0.308 e. The van der Waals surface area contributed by atoms with Crippen LogP contribution in [0.1, 0.15) is 27.2 Å². The van der Waals surface area contributed by atoms with Crippen molar-refractivity contribution in [3.05, 3.63) is 0 Å². The van der Waals surface area contributed by atoms with Gasteiger partial charge in [0.25, 0.3) is 0 Å². The molecule has 84 valence electrons. The number of ether oxygens (including phenoxy) is 1. The third-order valence-electron chi connectivity index (χ3n) is 2.15. The Labute approximate surface area is 85.6 Å². The molecule has 4 nitrogen and oxygen atoms in total. The van der Waals surface area contributed by atoms with E-state index < -0.39 is 0 Å². The topological polar surface area (TPSA) is 58.6 Å². The SMILES string of the molecule is COC(=O)C(C)CC(C)N[C@@H](C)CO. The Bertz CT molecular complexity index is 173. The van der Waals surface area contributed by atoms with Crippen LogP contribution in [0.2, 0.25) is 0 Å². The van der Waals surface area contributed by atoms with Crippen LogP contribution in [-0.4, -0.2) is 36.9 Å². The number of carbonyl (C=O) groups excluding carboxylic acids is 1. The molecular weight excluding hydrogens is 182 g/mol. The number of esters is 1. The second-order valence-corrected chi connectivity index (χ2v) is 3.81. The molecule has 0 aliphatic heterocycles. The zero-order valence-corrected chi connectivity index (χ0v) is 9.41. The van der Waals surface area contributed by atoms with Crippen molar-refractivity contribution in [1.29, 1.82) is 0 Å². The average Bonchev–Trinajstić information content (AvgIpc) is 2.15. The van der Waals surface area contributed by atoms with E-state index in [9.17, 15) is 4.79 Å². The molecule has 0 aliphatic rings. The molecule has 0 heterocycles. The van der Waals surface area contributed by atoms with Gasteiger partial charge in [0.15, 0.2) is 0 Å². The third kappa shape index (κ3) is 5.19. The molecule has 0 amide bonds. The van der Waals surface area contributed by atoms with Crippen LogP contribution in [0.15, 0.2) is 0 Å². The summed E-state index contributed by atoms with van der Waals surface area (Å²) in [4.78, 5) is 11.1. The molecule has 0 fully saturated rings. The van der Waals surface area contributed by atoms with Gasteiger partial charge < -0.3 is 15.2 Å². The summed E-state index contributed by atoms with van der Waals surface area (Å²) in [6, 6.07) is 0.265. The summed E-state index contributed by atoms with van der Waals surface area (Å²) in [6.07, 6.45) is 0.719. The highest BCUT2D eigenvalue weighted by Crippen LogP contribution is 2.07. The maximum Gasteiger partial charge on any atom is 0.308 e. The van der Waals surface area contributed by atoms with E-state index >= 15 is 0 Å². The van der Waals surface area contributed by atoms with E-state index in [1.54, 1.807) is 0 Å². The Kier molecular flexibility index (Phi) is 6.49. The summed E-state index contributed by atoms with van der Waals surface area (Å²) in [7, 11) is 1.40. The lowest BCUT2D eigenvalue weighted by molar-refractivity contribution is -0.145. The van der Waals surface area contributed by atoms with E-state index in [0.29, 0.717) is 0 Å². The molecule has 0 aromatic carbocycles. The molecule has 0 bridgehead atoms. The van der Waals surface area contributed by atoms with Gasteiger partial charge in [-0.25, -0.2) is 0 Å². The summed E-state index contributed by atoms with van der Waals surface area (Å²) in [5, 5.41) is 12.0. The van der Waals surface area contributed by atoms with Gasteiger partial charge in [-0.1, -0.05) is 6.92 Å². The number of aliphatic hydroxyl groups is 1. The van der Waals surface area contributed by atoms with E-state index in [4.69, 9.17) is 5.11 Å². The van der Waals surface area contributed by atoms with Crippen LogP contribution in [0.4, 0.5) is 0 Å². The predicted octanol–water partition coefficient (Wildman–Crippen LogP) is 0.544. The van der Waals surface area contributed by atoms with Crippen molar-refractivity contribution < 1.29 is 14.6 Å². The highest BCUT2D eigenvalue weighted by atomic mass is 16.5. The van der Waals surface area contributed by atoms with Crippen molar-refractivity contribution in [3.8, 4) is 0 Å². The second kappa shape index (κ2) is 6.79. The van der Waals surface area contributed by atoms with Gasteiger partial charge in [-0.3, -0.25) is 4.79 Å². The summed E-state index contributed by atoms with van der Waals surface area (Å²) < 4.78 is 4.63. The van der Waals surface area contributed by atoms with Crippen molar-refractivity contribution in [1.82, 2.24) is 5.32 Å². The van der Waals surface area contributed by atoms with Crippen molar-refractivity contribution in [2.24, 2.45) is 5.92 Å². The minimum absolute atomic E-state index is 0.0647. The highest BCUT2D eigenvalue weighted by molar-refractivity contribution is 5.71. The maximum atomic E-state index is 11.1. The van der Waals surface area contributed by atoms with Gasteiger partial charge in [0.2, 0.25) is 0 Å². The first kappa shape index (κ1) is 13.4. The minimum Gasteiger partial charge on any atom is -0.469 e. The molecule has 0 saturated heterocycles. The summed E-state index contributed by atoms with van der Waals surface area (Å²) >= 11 is 0. The van der Waals surface area contributed by atoms with E-state index in [-0.39, 0.29) is 30.6 Å². The van der Waals surface area contributed by atoms with Crippen molar-refractivity contribution in [2.75, 3.05) is 13.7 Å². The number of nitrogens with one attached hydrogen (secondary N) is 1. The molecule has 0 spiro atoms. The van der Waals surface area contributed by atoms with E-state index in [2.05, 4.69) is 10.1 Å². The van der Waals surface area contributed by atoms with Crippen LogP contribution in [0.5, 0.6) is 0 Å². The molecule has 4 heteroatoms. The molecule has 0 aromatic rings. The van der Waals surface area contributed by atoms with Crippen LogP contribution >= 0.6 is 0 Å². The van der Waals surface area contributed by atoms with Crippen molar-refractivity contribution in [3.63, 3.8) is 0 Å². The largest absolute Gasteiger partial charge is 0.469 e. The lowest BCUT2D eigenvalue weighted by atomic mass is 10.0. The number of carbonyl (C=O) groups is 1. The van der Waals surface area contributed by atoms with Gasteiger partial charge in [0.1, 0.15) is 0 Å². The number of methoxy groups -OCH3 is 1. The van der Waals surface area contributed by atoms with Crippen LogP contribution in [0.25, 0.3) is 0 Å². The van der Waals surface area contributed by atoms with Crippen molar-refractivity contribution >= 4 is 5.97 Å². The summed E-state index contributed by atoms with van der Waals surface area (Å²) in [6.45, 7) is 5.84. The van der Waals surface area contributed by atoms with Crippen molar-refractivity contribution in [2.45, 2.75) is 39.3 Å². The standard InChI is InChI=1S/C10H21NO3/c1-7(10(13)14-4)5-8(2)11-9(3)6-12/h7-9,11-12H,5-6H2,1-4H3/t7?,8?,9-/m0/s1. The molecular formula is C10H21NO3. The normalized spacial score (nSPS) is 17.2. The van der Waals surface area contributed by atoms with Gasteiger partial charge in [-0.15, -0.1) is 0 Å². The zero-order chi connectivity index (χ0) is 11.1.